The number of aryl methyl sites for hydroxylation is 2. The minimum absolute atomic E-state index is 0.187. The van der Waals surface area contributed by atoms with E-state index in [1.165, 1.54) is 69.7 Å². The minimum Gasteiger partial charge on any atom is -0.371 e. The second-order valence-corrected chi connectivity index (χ2v) is 10.4. The Bertz CT molecular complexity index is 1350. The van der Waals surface area contributed by atoms with Gasteiger partial charge >= 0.3 is 0 Å². The molecule has 0 saturated carbocycles. The Morgan fingerprint density at radius 3 is 2.32 bits per heavy atom. The summed E-state index contributed by atoms with van der Waals surface area (Å²) in [6, 6.07) is 25.5. The van der Waals surface area contributed by atoms with Crippen molar-refractivity contribution >= 4 is 33.9 Å². The van der Waals surface area contributed by atoms with Gasteiger partial charge in [-0.2, -0.15) is 0 Å². The zero-order valence-corrected chi connectivity index (χ0v) is 19.7. The van der Waals surface area contributed by atoms with Crippen LogP contribution in [0.4, 0.5) is 11.4 Å². The molecule has 0 fully saturated rings. The van der Waals surface area contributed by atoms with Crippen LogP contribution in [0, 0.1) is 0 Å². The van der Waals surface area contributed by atoms with Gasteiger partial charge < -0.3 is 10.2 Å². The van der Waals surface area contributed by atoms with Gasteiger partial charge in [0.15, 0.2) is 11.5 Å². The highest BCUT2D eigenvalue weighted by Gasteiger charge is 2.26. The van der Waals surface area contributed by atoms with E-state index in [9.17, 15) is 0 Å². The molecule has 3 aliphatic rings. The van der Waals surface area contributed by atoms with Crippen LogP contribution in [-0.4, -0.2) is 13.1 Å². The fourth-order valence-corrected chi connectivity index (χ4v) is 6.82. The summed E-state index contributed by atoms with van der Waals surface area (Å²) in [4.78, 5) is 15.4. The Labute approximate surface area is 203 Å². The molecule has 4 nitrogen and oxygen atoms in total. The molecule has 0 aromatic heterocycles. The standard InChI is InChI=1S/C29H26N2O2S/c1-2-8-25-19(5-1)11-14-26-28(25)34-29(30-26)20-9-12-23(13-10-20)32-33-24-17-21-6-3-15-31-16-4-7-22(18-24)27(21)31/h1-2,5,8-14,17-18,29-30H,3-4,6-7,15-16H2. The molecule has 1 N–H and O–H groups in total. The van der Waals surface area contributed by atoms with E-state index in [0.29, 0.717) is 5.75 Å². The molecule has 0 spiro atoms. The van der Waals surface area contributed by atoms with E-state index in [1.807, 2.05) is 23.9 Å². The maximum atomic E-state index is 5.78. The molecule has 1 atom stereocenters. The third-order valence-electron chi connectivity index (χ3n) is 7.12. The maximum Gasteiger partial charge on any atom is 0.179 e. The molecule has 0 aliphatic carbocycles. The Morgan fingerprint density at radius 2 is 1.53 bits per heavy atom. The van der Waals surface area contributed by atoms with E-state index in [2.05, 4.69) is 70.9 Å². The van der Waals surface area contributed by atoms with Gasteiger partial charge in [-0.25, -0.2) is 0 Å². The first kappa shape index (κ1) is 20.1. The summed E-state index contributed by atoms with van der Waals surface area (Å²) in [5.74, 6) is 1.51. The largest absolute Gasteiger partial charge is 0.371 e. The molecule has 0 bridgehead atoms. The van der Waals surface area contributed by atoms with Crippen LogP contribution in [0.3, 0.4) is 0 Å². The second kappa shape index (κ2) is 8.17. The molecule has 5 heteroatoms. The zero-order valence-electron chi connectivity index (χ0n) is 18.9. The maximum absolute atomic E-state index is 5.78. The van der Waals surface area contributed by atoms with Crippen LogP contribution in [0.2, 0.25) is 0 Å². The molecule has 34 heavy (non-hydrogen) atoms. The van der Waals surface area contributed by atoms with Gasteiger partial charge in [0.25, 0.3) is 0 Å². The van der Waals surface area contributed by atoms with Crippen LogP contribution >= 0.6 is 11.8 Å². The monoisotopic (exact) mass is 466 g/mol. The van der Waals surface area contributed by atoms with Gasteiger partial charge in [0, 0.05) is 29.4 Å². The number of hydrogen-bond donors (Lipinski definition) is 1. The normalized spacial score (nSPS) is 18.2. The third kappa shape index (κ3) is 3.46. The van der Waals surface area contributed by atoms with Crippen molar-refractivity contribution in [2.24, 2.45) is 0 Å². The van der Waals surface area contributed by atoms with Crippen molar-refractivity contribution in [3.8, 4) is 11.5 Å². The average Bonchev–Trinajstić information content (AvgIpc) is 3.33. The number of nitrogens with one attached hydrogen (secondary N) is 1. The molecule has 0 saturated heterocycles. The number of benzene rings is 4. The van der Waals surface area contributed by atoms with Crippen molar-refractivity contribution in [3.63, 3.8) is 0 Å². The minimum atomic E-state index is 0.187. The zero-order chi connectivity index (χ0) is 22.5. The van der Waals surface area contributed by atoms with Crippen molar-refractivity contribution in [1.29, 1.82) is 0 Å². The molecular weight excluding hydrogens is 440 g/mol. The first-order chi connectivity index (χ1) is 16.8. The highest BCUT2D eigenvalue weighted by Crippen LogP contribution is 2.49. The smallest absolute Gasteiger partial charge is 0.179 e. The van der Waals surface area contributed by atoms with Gasteiger partial charge in [0.1, 0.15) is 5.37 Å². The lowest BCUT2D eigenvalue weighted by molar-refractivity contribution is -0.100. The Morgan fingerprint density at radius 1 is 0.794 bits per heavy atom. The number of anilines is 2. The van der Waals surface area contributed by atoms with Gasteiger partial charge in [-0.1, -0.05) is 54.2 Å². The lowest BCUT2D eigenvalue weighted by Gasteiger charge is -2.36. The number of nitrogens with zero attached hydrogens (tertiary/aromatic N) is 1. The number of fused-ring (bicyclic) bond motifs is 3. The topological polar surface area (TPSA) is 33.7 Å². The van der Waals surface area contributed by atoms with Crippen molar-refractivity contribution in [3.05, 3.63) is 89.5 Å². The molecule has 0 amide bonds. The summed E-state index contributed by atoms with van der Waals surface area (Å²) in [6.07, 6.45) is 4.67. The summed E-state index contributed by atoms with van der Waals surface area (Å²) in [5.41, 5.74) is 6.66. The Balaban J connectivity index is 1.06. The summed E-state index contributed by atoms with van der Waals surface area (Å²) in [6.45, 7) is 2.36. The predicted molar refractivity (Wildman–Crippen MR) is 139 cm³/mol. The molecule has 4 aromatic carbocycles. The number of rotatable bonds is 4. The number of hydrogen-bond acceptors (Lipinski definition) is 5. The van der Waals surface area contributed by atoms with Crippen LogP contribution in [0.5, 0.6) is 11.5 Å². The SMILES string of the molecule is c1ccc2c3c(ccc2c1)NC(c1ccc(OOc2cc4c5c(c2)CCCN5CCC4)cc1)S3. The van der Waals surface area contributed by atoms with E-state index in [4.69, 9.17) is 9.78 Å². The van der Waals surface area contributed by atoms with Gasteiger partial charge in [-0.05, 0) is 83.5 Å². The van der Waals surface area contributed by atoms with E-state index in [-0.39, 0.29) is 5.37 Å². The molecule has 170 valence electrons. The van der Waals surface area contributed by atoms with Crippen LogP contribution in [0.1, 0.15) is 34.9 Å². The third-order valence-corrected chi connectivity index (χ3v) is 8.43. The summed E-state index contributed by atoms with van der Waals surface area (Å²) < 4.78 is 0. The summed E-state index contributed by atoms with van der Waals surface area (Å²) in [7, 11) is 0. The molecule has 7 rings (SSSR count). The lowest BCUT2D eigenvalue weighted by atomic mass is 9.92. The van der Waals surface area contributed by atoms with Gasteiger partial charge in [-0.3, -0.25) is 9.78 Å². The highest BCUT2D eigenvalue weighted by atomic mass is 32.2. The van der Waals surface area contributed by atoms with Gasteiger partial charge in [0.2, 0.25) is 0 Å². The fraction of sp³-hybridized carbons (Fsp3) is 0.241. The van der Waals surface area contributed by atoms with Crippen molar-refractivity contribution < 1.29 is 9.78 Å². The molecule has 4 aromatic rings. The molecule has 3 aliphatic heterocycles. The predicted octanol–water partition coefficient (Wildman–Crippen LogP) is 7.13. The van der Waals surface area contributed by atoms with Crippen LogP contribution in [0.15, 0.2) is 77.7 Å². The Hall–Kier alpha value is -3.31. The van der Waals surface area contributed by atoms with Crippen LogP contribution < -0.4 is 20.0 Å². The van der Waals surface area contributed by atoms with Crippen molar-refractivity contribution in [2.75, 3.05) is 23.3 Å². The number of thioether (sulfide) groups is 1. The van der Waals surface area contributed by atoms with E-state index < -0.39 is 0 Å². The van der Waals surface area contributed by atoms with Crippen LogP contribution in [-0.2, 0) is 12.8 Å². The van der Waals surface area contributed by atoms with Crippen LogP contribution in [0.25, 0.3) is 10.8 Å². The molecule has 0 radical (unpaired) electrons. The fourth-order valence-electron chi connectivity index (χ4n) is 5.54. The molecule has 1 unspecified atom stereocenters. The first-order valence-corrected chi connectivity index (χ1v) is 13.0. The molecular formula is C29H26N2O2S. The summed E-state index contributed by atoms with van der Waals surface area (Å²) >= 11 is 1.87. The van der Waals surface area contributed by atoms with Crippen molar-refractivity contribution in [1.82, 2.24) is 0 Å². The second-order valence-electron chi connectivity index (χ2n) is 9.33. The van der Waals surface area contributed by atoms with E-state index >= 15 is 0 Å². The van der Waals surface area contributed by atoms with E-state index in [0.717, 1.165) is 18.6 Å². The average molecular weight is 467 g/mol. The quantitative estimate of drug-likeness (QED) is 0.256. The van der Waals surface area contributed by atoms with Crippen molar-refractivity contribution in [2.45, 2.75) is 36.0 Å². The summed E-state index contributed by atoms with van der Waals surface area (Å²) in [5, 5.41) is 6.43. The lowest BCUT2D eigenvalue weighted by Crippen LogP contribution is -2.34. The van der Waals surface area contributed by atoms with Gasteiger partial charge in [0.05, 0.1) is 0 Å². The highest BCUT2D eigenvalue weighted by molar-refractivity contribution is 8.00. The van der Waals surface area contributed by atoms with Gasteiger partial charge in [-0.15, -0.1) is 0 Å². The Kier molecular flexibility index (Phi) is 4.83. The first-order valence-electron chi connectivity index (χ1n) is 12.1. The molecule has 3 heterocycles. The van der Waals surface area contributed by atoms with E-state index in [1.54, 1.807) is 0 Å².